The van der Waals surface area contributed by atoms with E-state index in [1.165, 1.54) is 0 Å². The highest BCUT2D eigenvalue weighted by molar-refractivity contribution is 9.10. The summed E-state index contributed by atoms with van der Waals surface area (Å²) in [5.41, 5.74) is 1.21. The fourth-order valence-corrected chi connectivity index (χ4v) is 1.95. The maximum Gasteiger partial charge on any atom is 0.336 e. The maximum absolute atomic E-state index is 10.7. The Morgan fingerprint density at radius 1 is 1.60 bits per heavy atom. The number of benzene rings is 1. The first-order valence-corrected chi connectivity index (χ1v) is 6.59. The Morgan fingerprint density at radius 3 is 2.87 bits per heavy atom. The van der Waals surface area contributed by atoms with Gasteiger partial charge in [0, 0.05) is 22.5 Å². The number of nitrogens with one attached hydrogen (secondary N) is 1. The van der Waals surface area contributed by atoms with E-state index in [2.05, 4.69) is 21.2 Å². The second-order valence-corrected chi connectivity index (χ2v) is 4.76. The van der Waals surface area contributed by atoms with E-state index in [4.69, 9.17) is 5.11 Å². The molecule has 82 valence electrons. The zero-order valence-electron chi connectivity index (χ0n) is 8.29. The van der Waals surface area contributed by atoms with Gasteiger partial charge in [0.2, 0.25) is 0 Å². The first kappa shape index (κ1) is 12.4. The molecule has 0 aliphatic heterocycles. The van der Waals surface area contributed by atoms with Gasteiger partial charge in [0.15, 0.2) is 0 Å². The average molecular weight is 290 g/mol. The second-order valence-electron chi connectivity index (χ2n) is 2.92. The first-order valence-electron chi connectivity index (χ1n) is 4.41. The third-order valence-electron chi connectivity index (χ3n) is 1.83. The van der Waals surface area contributed by atoms with Crippen molar-refractivity contribution < 1.29 is 9.90 Å². The van der Waals surface area contributed by atoms with Gasteiger partial charge in [-0.3, -0.25) is 0 Å². The lowest BCUT2D eigenvalue weighted by molar-refractivity contribution is 0.0696. The van der Waals surface area contributed by atoms with Crippen LogP contribution < -0.4 is 5.32 Å². The van der Waals surface area contributed by atoms with Crippen molar-refractivity contribution in [2.24, 2.45) is 0 Å². The quantitative estimate of drug-likeness (QED) is 0.819. The Morgan fingerprint density at radius 2 is 2.33 bits per heavy atom. The van der Waals surface area contributed by atoms with Crippen LogP contribution in [0.25, 0.3) is 0 Å². The molecule has 0 atom stereocenters. The number of carboxylic acids is 1. The van der Waals surface area contributed by atoms with Gasteiger partial charge in [-0.1, -0.05) is 0 Å². The van der Waals surface area contributed by atoms with Crippen LogP contribution in [0, 0.1) is 0 Å². The maximum atomic E-state index is 10.7. The lowest BCUT2D eigenvalue weighted by Crippen LogP contribution is -2.04. The molecule has 2 N–H and O–H groups in total. The molecule has 0 radical (unpaired) electrons. The van der Waals surface area contributed by atoms with Crippen molar-refractivity contribution in [3.8, 4) is 0 Å². The smallest absolute Gasteiger partial charge is 0.336 e. The van der Waals surface area contributed by atoms with Crippen LogP contribution in [0.4, 0.5) is 5.69 Å². The Hall–Kier alpha value is -0.680. The molecule has 0 heterocycles. The van der Waals surface area contributed by atoms with Gasteiger partial charge in [0.1, 0.15) is 0 Å². The fourth-order valence-electron chi connectivity index (χ4n) is 1.10. The van der Waals surface area contributed by atoms with Crippen molar-refractivity contribution in [1.82, 2.24) is 0 Å². The monoisotopic (exact) mass is 289 g/mol. The molecule has 0 bridgehead atoms. The van der Waals surface area contributed by atoms with Crippen LogP contribution in [-0.4, -0.2) is 29.6 Å². The molecule has 0 aliphatic rings. The molecular formula is C10H12BrNO2S. The number of carbonyl (C=O) groups is 1. The Labute approximate surface area is 101 Å². The van der Waals surface area contributed by atoms with Crippen LogP contribution in [-0.2, 0) is 0 Å². The summed E-state index contributed by atoms with van der Waals surface area (Å²) in [7, 11) is 0. The van der Waals surface area contributed by atoms with E-state index in [-0.39, 0.29) is 5.56 Å². The predicted molar refractivity (Wildman–Crippen MR) is 68.0 cm³/mol. The zero-order valence-corrected chi connectivity index (χ0v) is 10.7. The number of rotatable bonds is 5. The second kappa shape index (κ2) is 6.02. The van der Waals surface area contributed by atoms with Gasteiger partial charge in [0.25, 0.3) is 0 Å². The summed E-state index contributed by atoms with van der Waals surface area (Å²) in [5.74, 6) is 0.107. The molecule has 0 unspecified atom stereocenters. The number of hydrogen-bond acceptors (Lipinski definition) is 3. The van der Waals surface area contributed by atoms with E-state index in [1.54, 1.807) is 30.0 Å². The number of aromatic carboxylic acids is 1. The Kier molecular flexibility index (Phi) is 4.98. The molecular weight excluding hydrogens is 278 g/mol. The van der Waals surface area contributed by atoms with Crippen molar-refractivity contribution in [2.75, 3.05) is 23.9 Å². The molecule has 0 saturated heterocycles. The van der Waals surface area contributed by atoms with Crippen molar-refractivity contribution in [3.05, 3.63) is 28.2 Å². The summed E-state index contributed by atoms with van der Waals surface area (Å²) >= 11 is 5.00. The van der Waals surface area contributed by atoms with Crippen LogP contribution in [0.2, 0.25) is 0 Å². The summed E-state index contributed by atoms with van der Waals surface area (Å²) in [5, 5.41) is 12.0. The molecule has 0 aliphatic carbocycles. The molecule has 0 fully saturated rings. The number of hydrogen-bond donors (Lipinski definition) is 2. The van der Waals surface area contributed by atoms with Crippen molar-refractivity contribution >= 4 is 39.3 Å². The molecule has 3 nitrogen and oxygen atoms in total. The standard InChI is InChI=1S/C10H12BrNO2S/c1-15-5-4-12-7-2-3-8(10(13)14)9(11)6-7/h2-3,6,12H,4-5H2,1H3,(H,13,14). The van der Waals surface area contributed by atoms with Gasteiger partial charge < -0.3 is 10.4 Å². The van der Waals surface area contributed by atoms with Crippen LogP contribution in [0.5, 0.6) is 0 Å². The highest BCUT2D eigenvalue weighted by atomic mass is 79.9. The summed E-state index contributed by atoms with van der Waals surface area (Å²) in [6, 6.07) is 5.14. The van der Waals surface area contributed by atoms with E-state index < -0.39 is 5.97 Å². The number of thioether (sulfide) groups is 1. The number of halogens is 1. The van der Waals surface area contributed by atoms with Gasteiger partial charge in [-0.25, -0.2) is 4.79 Å². The van der Waals surface area contributed by atoms with Crippen molar-refractivity contribution in [2.45, 2.75) is 0 Å². The highest BCUT2D eigenvalue weighted by Crippen LogP contribution is 2.21. The molecule has 0 amide bonds. The van der Waals surface area contributed by atoms with Gasteiger partial charge in [-0.05, 0) is 40.4 Å². The summed E-state index contributed by atoms with van der Waals surface area (Å²) in [4.78, 5) is 10.7. The SMILES string of the molecule is CSCCNc1ccc(C(=O)O)c(Br)c1. The first-order chi connectivity index (χ1) is 7.15. The van der Waals surface area contributed by atoms with Gasteiger partial charge >= 0.3 is 5.97 Å². The van der Waals surface area contributed by atoms with Gasteiger partial charge in [0.05, 0.1) is 5.56 Å². The number of carboxylic acid groups (broad SMARTS) is 1. The summed E-state index contributed by atoms with van der Waals surface area (Å²) in [6.07, 6.45) is 2.05. The largest absolute Gasteiger partial charge is 0.478 e. The van der Waals surface area contributed by atoms with E-state index in [1.807, 2.05) is 6.26 Å². The van der Waals surface area contributed by atoms with Crippen LogP contribution >= 0.6 is 27.7 Å². The van der Waals surface area contributed by atoms with E-state index >= 15 is 0 Å². The minimum Gasteiger partial charge on any atom is -0.478 e. The van der Waals surface area contributed by atoms with E-state index in [9.17, 15) is 4.79 Å². The lowest BCUT2D eigenvalue weighted by Gasteiger charge is -2.06. The molecule has 0 saturated carbocycles. The van der Waals surface area contributed by atoms with Crippen molar-refractivity contribution in [3.63, 3.8) is 0 Å². The minimum absolute atomic E-state index is 0.283. The third-order valence-corrected chi connectivity index (χ3v) is 3.10. The van der Waals surface area contributed by atoms with Gasteiger partial charge in [-0.15, -0.1) is 0 Å². The Bertz CT molecular complexity index is 357. The highest BCUT2D eigenvalue weighted by Gasteiger charge is 2.07. The predicted octanol–water partition coefficient (Wildman–Crippen LogP) is 2.92. The summed E-state index contributed by atoms with van der Waals surface area (Å²) < 4.78 is 0.601. The average Bonchev–Trinajstić information content (AvgIpc) is 2.17. The molecule has 0 aromatic heterocycles. The van der Waals surface area contributed by atoms with Crippen molar-refractivity contribution in [1.29, 1.82) is 0 Å². The summed E-state index contributed by atoms with van der Waals surface area (Å²) in [6.45, 7) is 0.875. The van der Waals surface area contributed by atoms with E-state index in [0.29, 0.717) is 4.47 Å². The van der Waals surface area contributed by atoms with Crippen LogP contribution in [0.3, 0.4) is 0 Å². The normalized spacial score (nSPS) is 10.0. The van der Waals surface area contributed by atoms with Gasteiger partial charge in [-0.2, -0.15) is 11.8 Å². The third kappa shape index (κ3) is 3.76. The molecule has 1 rings (SSSR count). The molecule has 5 heteroatoms. The minimum atomic E-state index is -0.919. The van der Waals surface area contributed by atoms with Crippen LogP contribution in [0.15, 0.2) is 22.7 Å². The topological polar surface area (TPSA) is 49.3 Å². The zero-order chi connectivity index (χ0) is 11.3. The lowest BCUT2D eigenvalue weighted by atomic mass is 10.2. The van der Waals surface area contributed by atoms with Crippen LogP contribution in [0.1, 0.15) is 10.4 Å². The fraction of sp³-hybridized carbons (Fsp3) is 0.300. The molecule has 1 aromatic rings. The molecule has 1 aromatic carbocycles. The molecule has 15 heavy (non-hydrogen) atoms. The van der Waals surface area contributed by atoms with E-state index in [0.717, 1.165) is 18.0 Å². The number of anilines is 1. The molecule has 0 spiro atoms. The Balaban J connectivity index is 2.69.